The summed E-state index contributed by atoms with van der Waals surface area (Å²) in [4.78, 5) is 0. The molecule has 4 heteroatoms. The second kappa shape index (κ2) is 6.29. The van der Waals surface area contributed by atoms with Gasteiger partial charge < -0.3 is 15.2 Å². The summed E-state index contributed by atoms with van der Waals surface area (Å²) < 4.78 is 12.3. The number of hydrogen-bond donors (Lipinski definition) is 1. The second-order valence-corrected chi connectivity index (χ2v) is 5.55. The molecule has 0 saturated heterocycles. The van der Waals surface area contributed by atoms with Crippen molar-refractivity contribution < 1.29 is 9.47 Å². The number of methoxy groups -OCH3 is 1. The van der Waals surface area contributed by atoms with Crippen LogP contribution in [0.15, 0.2) is 40.9 Å². The fraction of sp³-hybridized carbons (Fsp3) is 0.250. The van der Waals surface area contributed by atoms with Crippen molar-refractivity contribution in [2.24, 2.45) is 5.73 Å². The predicted molar refractivity (Wildman–Crippen MR) is 84.5 cm³/mol. The minimum absolute atomic E-state index is 0.176. The van der Waals surface area contributed by atoms with Crippen LogP contribution < -0.4 is 15.2 Å². The summed E-state index contributed by atoms with van der Waals surface area (Å²) in [5.74, 6) is 2.20. The van der Waals surface area contributed by atoms with E-state index in [2.05, 4.69) is 15.9 Å². The van der Waals surface area contributed by atoms with E-state index in [1.165, 1.54) is 5.56 Å². The van der Waals surface area contributed by atoms with Gasteiger partial charge in [-0.3, -0.25) is 0 Å². The van der Waals surface area contributed by atoms with Crippen LogP contribution in [0.25, 0.3) is 0 Å². The van der Waals surface area contributed by atoms with Crippen molar-refractivity contribution >= 4 is 15.9 Å². The lowest BCUT2D eigenvalue weighted by molar-refractivity contribution is 0.397. The van der Waals surface area contributed by atoms with E-state index in [0.29, 0.717) is 5.75 Å². The number of ether oxygens (including phenoxy) is 2. The molecule has 0 heterocycles. The quantitative estimate of drug-likeness (QED) is 0.889. The van der Waals surface area contributed by atoms with E-state index in [0.717, 1.165) is 21.5 Å². The molecule has 0 amide bonds. The largest absolute Gasteiger partial charge is 0.496 e. The fourth-order valence-electron chi connectivity index (χ4n) is 2.05. The zero-order chi connectivity index (χ0) is 14.7. The lowest BCUT2D eigenvalue weighted by Crippen LogP contribution is -2.08. The van der Waals surface area contributed by atoms with E-state index in [-0.39, 0.29) is 6.04 Å². The van der Waals surface area contributed by atoms with Gasteiger partial charge in [-0.1, -0.05) is 12.1 Å². The Bertz CT molecular complexity index is 611. The molecule has 2 N–H and O–H groups in total. The number of benzene rings is 2. The number of rotatable bonds is 4. The first-order valence-corrected chi connectivity index (χ1v) is 7.18. The van der Waals surface area contributed by atoms with E-state index < -0.39 is 0 Å². The minimum atomic E-state index is -0.176. The van der Waals surface area contributed by atoms with Gasteiger partial charge in [-0.25, -0.2) is 0 Å². The van der Waals surface area contributed by atoms with E-state index in [4.69, 9.17) is 15.2 Å². The van der Waals surface area contributed by atoms with E-state index in [1.54, 1.807) is 7.11 Å². The Morgan fingerprint density at radius 3 is 2.40 bits per heavy atom. The van der Waals surface area contributed by atoms with Crippen molar-refractivity contribution in [1.29, 1.82) is 0 Å². The average molecular weight is 336 g/mol. The first-order chi connectivity index (χ1) is 9.52. The molecule has 2 aromatic carbocycles. The number of aryl methyl sites for hydroxylation is 1. The van der Waals surface area contributed by atoms with Gasteiger partial charge in [0.1, 0.15) is 17.2 Å². The maximum atomic E-state index is 6.04. The summed E-state index contributed by atoms with van der Waals surface area (Å²) in [6, 6.07) is 11.5. The monoisotopic (exact) mass is 335 g/mol. The molecule has 0 aliphatic heterocycles. The lowest BCUT2D eigenvalue weighted by atomic mass is 10.1. The van der Waals surface area contributed by atoms with E-state index in [1.807, 2.05) is 50.2 Å². The molecule has 20 heavy (non-hydrogen) atoms. The normalized spacial score (nSPS) is 12.1. The van der Waals surface area contributed by atoms with Crippen molar-refractivity contribution in [1.82, 2.24) is 0 Å². The highest BCUT2D eigenvalue weighted by Crippen LogP contribution is 2.37. The first-order valence-electron chi connectivity index (χ1n) is 6.39. The molecule has 0 unspecified atom stereocenters. The van der Waals surface area contributed by atoms with E-state index in [9.17, 15) is 0 Å². The Morgan fingerprint density at radius 1 is 1.10 bits per heavy atom. The number of hydrogen-bond acceptors (Lipinski definition) is 3. The molecule has 2 aromatic rings. The highest BCUT2D eigenvalue weighted by Gasteiger charge is 2.15. The van der Waals surface area contributed by atoms with Crippen molar-refractivity contribution in [2.45, 2.75) is 19.9 Å². The highest BCUT2D eigenvalue weighted by molar-refractivity contribution is 9.10. The molecule has 2 rings (SSSR count). The molecule has 0 fully saturated rings. The van der Waals surface area contributed by atoms with Crippen LogP contribution in [0.5, 0.6) is 17.2 Å². The molecule has 3 nitrogen and oxygen atoms in total. The van der Waals surface area contributed by atoms with Gasteiger partial charge in [0.25, 0.3) is 0 Å². The number of halogens is 1. The molecule has 0 bridgehead atoms. The molecule has 0 aromatic heterocycles. The summed E-state index contributed by atoms with van der Waals surface area (Å²) in [5.41, 5.74) is 8.07. The summed E-state index contributed by atoms with van der Waals surface area (Å²) >= 11 is 3.51. The second-order valence-electron chi connectivity index (χ2n) is 4.70. The van der Waals surface area contributed by atoms with Gasteiger partial charge in [0.15, 0.2) is 0 Å². The van der Waals surface area contributed by atoms with Crippen LogP contribution in [0.1, 0.15) is 24.1 Å². The van der Waals surface area contributed by atoms with Crippen LogP contribution in [0.4, 0.5) is 0 Å². The molecular weight excluding hydrogens is 318 g/mol. The Labute approximate surface area is 127 Å². The zero-order valence-electron chi connectivity index (χ0n) is 11.8. The highest BCUT2D eigenvalue weighted by atomic mass is 79.9. The SMILES string of the molecule is COc1cccc(Oc2ccc(C)cc2Br)c1[C@H](C)N. The predicted octanol–water partition coefficient (Wildman–Crippen LogP) is 4.58. The maximum Gasteiger partial charge on any atom is 0.141 e. The smallest absolute Gasteiger partial charge is 0.141 e. The van der Waals surface area contributed by atoms with Gasteiger partial charge in [0, 0.05) is 6.04 Å². The Kier molecular flexibility index (Phi) is 4.68. The van der Waals surface area contributed by atoms with Crippen LogP contribution in [0.2, 0.25) is 0 Å². The van der Waals surface area contributed by atoms with Gasteiger partial charge in [0.05, 0.1) is 17.1 Å². The lowest BCUT2D eigenvalue weighted by Gasteiger charge is -2.17. The van der Waals surface area contributed by atoms with E-state index >= 15 is 0 Å². The summed E-state index contributed by atoms with van der Waals surface area (Å²) in [6.45, 7) is 3.95. The van der Waals surface area contributed by atoms with Gasteiger partial charge >= 0.3 is 0 Å². The molecule has 0 aliphatic rings. The van der Waals surface area contributed by atoms with Crippen molar-refractivity contribution in [3.63, 3.8) is 0 Å². The first kappa shape index (κ1) is 14.9. The average Bonchev–Trinajstić information content (AvgIpc) is 2.41. The maximum absolute atomic E-state index is 6.04. The van der Waals surface area contributed by atoms with Crippen LogP contribution in [0, 0.1) is 6.92 Å². The molecule has 0 radical (unpaired) electrons. The molecule has 0 spiro atoms. The standard InChI is InChI=1S/C16H18BrNO2/c1-10-7-8-13(12(17)9-10)20-15-6-4-5-14(19-3)16(15)11(2)18/h4-9,11H,18H2,1-3H3/t11-/m0/s1. The van der Waals surface area contributed by atoms with Gasteiger partial charge in [-0.15, -0.1) is 0 Å². The molecule has 0 saturated carbocycles. The molecule has 1 atom stereocenters. The topological polar surface area (TPSA) is 44.5 Å². The molecule has 0 aliphatic carbocycles. The Morgan fingerprint density at radius 2 is 1.80 bits per heavy atom. The van der Waals surface area contributed by atoms with Crippen LogP contribution in [-0.4, -0.2) is 7.11 Å². The summed E-state index contributed by atoms with van der Waals surface area (Å²) in [5, 5.41) is 0. The third-order valence-electron chi connectivity index (χ3n) is 3.01. The van der Waals surface area contributed by atoms with Gasteiger partial charge in [-0.2, -0.15) is 0 Å². The minimum Gasteiger partial charge on any atom is -0.496 e. The third-order valence-corrected chi connectivity index (χ3v) is 3.63. The Balaban J connectivity index is 2.43. The Hall–Kier alpha value is -1.52. The van der Waals surface area contributed by atoms with Crippen molar-refractivity contribution in [2.75, 3.05) is 7.11 Å². The number of nitrogens with two attached hydrogens (primary N) is 1. The molecular formula is C16H18BrNO2. The van der Waals surface area contributed by atoms with Crippen LogP contribution in [0.3, 0.4) is 0 Å². The summed E-state index contributed by atoms with van der Waals surface area (Å²) in [7, 11) is 1.63. The van der Waals surface area contributed by atoms with Crippen molar-refractivity contribution in [3.05, 3.63) is 52.0 Å². The van der Waals surface area contributed by atoms with Crippen LogP contribution >= 0.6 is 15.9 Å². The zero-order valence-corrected chi connectivity index (χ0v) is 13.4. The van der Waals surface area contributed by atoms with Gasteiger partial charge in [0.2, 0.25) is 0 Å². The fourth-order valence-corrected chi connectivity index (χ4v) is 2.62. The van der Waals surface area contributed by atoms with Crippen LogP contribution in [-0.2, 0) is 0 Å². The van der Waals surface area contributed by atoms with Gasteiger partial charge in [-0.05, 0) is 59.6 Å². The van der Waals surface area contributed by atoms with Crippen molar-refractivity contribution in [3.8, 4) is 17.2 Å². The molecule has 106 valence electrons. The summed E-state index contributed by atoms with van der Waals surface area (Å²) in [6.07, 6.45) is 0. The third kappa shape index (κ3) is 3.14.